The molecule has 0 spiro atoms. The maximum atomic E-state index is 9.33. The number of aromatic nitrogens is 5. The molecule has 6 nitrogen and oxygen atoms in total. The molecule has 45 heavy (non-hydrogen) atoms. The first-order chi connectivity index (χ1) is 21.3. The van der Waals surface area contributed by atoms with Gasteiger partial charge in [0, 0.05) is 11.9 Å². The van der Waals surface area contributed by atoms with Gasteiger partial charge in [-0.3, -0.25) is 15.0 Å². The summed E-state index contributed by atoms with van der Waals surface area (Å²) in [5, 5.41) is 17.5. The molecule has 2 atom stereocenters. The van der Waals surface area contributed by atoms with E-state index in [1.165, 1.54) is 0 Å². The van der Waals surface area contributed by atoms with Crippen molar-refractivity contribution < 1.29 is 20.1 Å². The second-order valence-corrected chi connectivity index (χ2v) is 11.7. The van der Waals surface area contributed by atoms with E-state index in [1.807, 2.05) is 79.0 Å². The van der Waals surface area contributed by atoms with Gasteiger partial charge in [-0.25, -0.2) is 0 Å². The van der Waals surface area contributed by atoms with Crippen LogP contribution in [0.3, 0.4) is 0 Å². The fourth-order valence-corrected chi connectivity index (χ4v) is 5.92. The largest absolute Gasteiger partial charge is 3.00 e. The predicted octanol–water partition coefficient (Wildman–Crippen LogP) is 7.00. The van der Waals surface area contributed by atoms with Crippen LogP contribution in [0, 0.1) is 23.5 Å². The standard InChI is InChI=1S/C38H31N6.Ir/c1-36(2,27-15-7-5-8-16-27)38(4,34-22-13-19-30(41-34)31-25-29(26-39)43-44-31)35-23-14-21-33(42-35)37(3,28-17-9-6-10-18-28)32-20-11-12-24-40-32;/h5-15,17,19-25H,1-4H3;/q-3;+3. The monoisotopic (exact) mass is 764 g/mol. The van der Waals surface area contributed by atoms with Crippen molar-refractivity contribution in [1.29, 1.82) is 5.26 Å². The van der Waals surface area contributed by atoms with Crippen molar-refractivity contribution in [2.45, 2.75) is 43.9 Å². The van der Waals surface area contributed by atoms with Gasteiger partial charge in [0.1, 0.15) is 11.8 Å². The number of hydrogen-bond donors (Lipinski definition) is 0. The maximum Gasteiger partial charge on any atom is 3.00 e. The van der Waals surface area contributed by atoms with Crippen LogP contribution in [0.15, 0.2) is 115 Å². The normalized spacial score (nSPS) is 13.9. The fraction of sp³-hybridized carbons (Fsp3) is 0.184. The van der Waals surface area contributed by atoms with Gasteiger partial charge in [-0.05, 0) is 61.7 Å². The summed E-state index contributed by atoms with van der Waals surface area (Å²) in [6, 6.07) is 44.8. The third kappa shape index (κ3) is 5.53. The molecule has 0 saturated heterocycles. The molecule has 0 amide bonds. The zero-order valence-corrected chi connectivity index (χ0v) is 27.9. The van der Waals surface area contributed by atoms with Crippen molar-refractivity contribution in [2.24, 2.45) is 0 Å². The number of hydrogen-bond acceptors (Lipinski definition) is 5. The van der Waals surface area contributed by atoms with Crippen LogP contribution in [0.1, 0.15) is 67.3 Å². The molecule has 2 unspecified atom stereocenters. The van der Waals surface area contributed by atoms with Crippen molar-refractivity contribution in [1.82, 2.24) is 25.1 Å². The quantitative estimate of drug-likeness (QED) is 0.155. The van der Waals surface area contributed by atoms with Crippen LogP contribution in [-0.2, 0) is 36.4 Å². The third-order valence-corrected chi connectivity index (χ3v) is 9.01. The number of pyridine rings is 3. The molecule has 0 fully saturated rings. The third-order valence-electron chi connectivity index (χ3n) is 9.01. The van der Waals surface area contributed by atoms with E-state index in [1.54, 1.807) is 6.07 Å². The van der Waals surface area contributed by atoms with Crippen LogP contribution in [0.5, 0.6) is 0 Å². The van der Waals surface area contributed by atoms with Crippen LogP contribution >= 0.6 is 0 Å². The SMILES string of the molecule is CC(c1[c-]cccc1)(c1ccccn1)c1cccc(C(C)(c2cccc(-c3cc(C#N)n[n-]3)n2)C(C)(C)c2[c-]cccc2)n1.[Ir+3]. The Bertz CT molecular complexity index is 1890. The summed E-state index contributed by atoms with van der Waals surface area (Å²) in [6.45, 7) is 8.76. The van der Waals surface area contributed by atoms with Crippen LogP contribution < -0.4 is 5.10 Å². The summed E-state index contributed by atoms with van der Waals surface area (Å²) in [5.41, 5.74) is 4.95. The van der Waals surface area contributed by atoms with Crippen molar-refractivity contribution in [3.63, 3.8) is 0 Å². The molecule has 0 aliphatic rings. The Morgan fingerprint density at radius 3 is 1.93 bits per heavy atom. The van der Waals surface area contributed by atoms with Crippen molar-refractivity contribution in [2.75, 3.05) is 0 Å². The summed E-state index contributed by atoms with van der Waals surface area (Å²) >= 11 is 0. The van der Waals surface area contributed by atoms with Crippen LogP contribution in [0.4, 0.5) is 0 Å². The second-order valence-electron chi connectivity index (χ2n) is 11.7. The molecule has 2 aromatic carbocycles. The first-order valence-electron chi connectivity index (χ1n) is 14.5. The molecule has 0 N–H and O–H groups in total. The molecule has 0 bridgehead atoms. The molecule has 4 aromatic heterocycles. The number of benzene rings is 2. The van der Waals surface area contributed by atoms with Gasteiger partial charge in [-0.2, -0.15) is 71.5 Å². The van der Waals surface area contributed by atoms with E-state index in [2.05, 4.69) is 86.4 Å². The summed E-state index contributed by atoms with van der Waals surface area (Å²) in [5.74, 6) is 0. The zero-order chi connectivity index (χ0) is 30.8. The molecule has 7 heteroatoms. The molecule has 0 aliphatic heterocycles. The van der Waals surface area contributed by atoms with Gasteiger partial charge >= 0.3 is 20.1 Å². The van der Waals surface area contributed by atoms with E-state index >= 15 is 0 Å². The van der Waals surface area contributed by atoms with Crippen LogP contribution in [-0.4, -0.2) is 20.1 Å². The molecule has 6 rings (SSSR count). The number of nitriles is 1. The van der Waals surface area contributed by atoms with E-state index in [9.17, 15) is 5.26 Å². The van der Waals surface area contributed by atoms with E-state index in [0.29, 0.717) is 11.4 Å². The topological polar surface area (TPSA) is 89.5 Å². The molecular formula is C38H31IrN6. The fourth-order valence-electron chi connectivity index (χ4n) is 5.92. The zero-order valence-electron chi connectivity index (χ0n) is 25.5. The Balaban J connectivity index is 0.00000400. The molecule has 4 heterocycles. The predicted molar refractivity (Wildman–Crippen MR) is 170 cm³/mol. The number of rotatable bonds is 8. The minimum Gasteiger partial charge on any atom is -0.573 e. The first kappa shape index (κ1) is 31.7. The van der Waals surface area contributed by atoms with Crippen LogP contribution in [0.25, 0.3) is 11.4 Å². The summed E-state index contributed by atoms with van der Waals surface area (Å²) in [6.07, 6.45) is 1.82. The van der Waals surface area contributed by atoms with Gasteiger partial charge in [0.15, 0.2) is 0 Å². The molecule has 0 saturated carbocycles. The molecule has 0 radical (unpaired) electrons. The second kappa shape index (κ2) is 12.7. The van der Waals surface area contributed by atoms with Gasteiger partial charge in [0.2, 0.25) is 0 Å². The Morgan fingerprint density at radius 2 is 1.31 bits per heavy atom. The van der Waals surface area contributed by atoms with Gasteiger partial charge in [0.05, 0.1) is 33.6 Å². The average Bonchev–Trinajstić information content (AvgIpc) is 3.58. The first-order valence-corrected chi connectivity index (χ1v) is 14.5. The van der Waals surface area contributed by atoms with Gasteiger partial charge < -0.3 is 10.2 Å². The summed E-state index contributed by atoms with van der Waals surface area (Å²) < 4.78 is 0. The summed E-state index contributed by atoms with van der Waals surface area (Å²) in [7, 11) is 0. The maximum absolute atomic E-state index is 9.33. The average molecular weight is 764 g/mol. The molecule has 0 aliphatic carbocycles. The molecule has 6 aromatic rings. The van der Waals surface area contributed by atoms with Crippen molar-refractivity contribution in [3.05, 3.63) is 167 Å². The summed E-state index contributed by atoms with van der Waals surface area (Å²) in [4.78, 5) is 15.4. The smallest absolute Gasteiger partial charge is 0.573 e. The van der Waals surface area contributed by atoms with Gasteiger partial charge in [-0.1, -0.05) is 37.7 Å². The van der Waals surface area contributed by atoms with Crippen LogP contribution in [0.2, 0.25) is 0 Å². The Labute approximate surface area is 278 Å². The van der Waals surface area contributed by atoms with Crippen molar-refractivity contribution in [3.8, 4) is 17.5 Å². The molecular weight excluding hydrogens is 733 g/mol. The Kier molecular flexibility index (Phi) is 8.93. The van der Waals surface area contributed by atoms with Gasteiger partial charge in [0.25, 0.3) is 0 Å². The Morgan fingerprint density at radius 1 is 0.689 bits per heavy atom. The van der Waals surface area contributed by atoms with E-state index in [-0.39, 0.29) is 25.8 Å². The van der Waals surface area contributed by atoms with Gasteiger partial charge in [-0.15, -0.1) is 5.56 Å². The number of nitrogens with zero attached hydrogens (tertiary/aromatic N) is 6. The Hall–Kier alpha value is -4.76. The van der Waals surface area contributed by atoms with E-state index < -0.39 is 16.2 Å². The van der Waals surface area contributed by atoms with E-state index in [0.717, 1.165) is 33.9 Å². The molecule has 222 valence electrons. The van der Waals surface area contributed by atoms with Crippen molar-refractivity contribution >= 4 is 0 Å². The van der Waals surface area contributed by atoms with E-state index in [4.69, 9.17) is 15.0 Å². The minimum absolute atomic E-state index is 0. The minimum atomic E-state index is -0.736.